The first kappa shape index (κ1) is 13.4. The van der Waals surface area contributed by atoms with Crippen molar-refractivity contribution in [3.05, 3.63) is 65.5 Å². The number of imide groups is 1. The summed E-state index contributed by atoms with van der Waals surface area (Å²) in [7, 11) is 0. The summed E-state index contributed by atoms with van der Waals surface area (Å²) in [5, 5.41) is 6.87. The molecule has 2 amide bonds. The number of nitrogens with zero attached hydrogens (tertiary/aromatic N) is 3. The molecule has 0 aliphatic carbocycles. The Kier molecular flexibility index (Phi) is 2.84. The van der Waals surface area contributed by atoms with Crippen molar-refractivity contribution in [3.63, 3.8) is 0 Å². The van der Waals surface area contributed by atoms with Crippen molar-refractivity contribution >= 4 is 17.5 Å². The molecule has 6 heteroatoms. The highest BCUT2D eigenvalue weighted by Gasteiger charge is 2.36. The summed E-state index contributed by atoms with van der Waals surface area (Å²) >= 11 is 0. The molecule has 0 unspecified atom stereocenters. The van der Waals surface area contributed by atoms with Crippen molar-refractivity contribution in [3.8, 4) is 11.4 Å². The standard InChI is InChI=1S/C17H12N4O2/c1-10-18-15(20-19-10)11-6-8-12(9-7-11)21-16(22)13-4-2-3-5-14(13)17(21)23/h2-9H,1H3,(H,18,19,20). The molecule has 23 heavy (non-hydrogen) atoms. The Hall–Kier alpha value is -3.28. The molecule has 6 nitrogen and oxygen atoms in total. The van der Waals surface area contributed by atoms with E-state index in [-0.39, 0.29) is 11.8 Å². The number of aromatic amines is 1. The van der Waals surface area contributed by atoms with Gasteiger partial charge in [0, 0.05) is 5.56 Å². The first-order chi connectivity index (χ1) is 11.1. The lowest BCUT2D eigenvalue weighted by Crippen LogP contribution is -2.29. The Labute approximate surface area is 131 Å². The second-order valence-electron chi connectivity index (χ2n) is 5.28. The third-order valence-corrected chi connectivity index (χ3v) is 3.77. The summed E-state index contributed by atoms with van der Waals surface area (Å²) in [5.41, 5.74) is 2.22. The lowest BCUT2D eigenvalue weighted by Gasteiger charge is -2.13. The van der Waals surface area contributed by atoms with Crippen LogP contribution in [0.2, 0.25) is 0 Å². The zero-order valence-corrected chi connectivity index (χ0v) is 12.3. The van der Waals surface area contributed by atoms with Gasteiger partial charge in [0.05, 0.1) is 16.8 Å². The molecule has 0 saturated carbocycles. The number of nitrogens with one attached hydrogen (secondary N) is 1. The van der Waals surface area contributed by atoms with Crippen molar-refractivity contribution in [1.29, 1.82) is 0 Å². The highest BCUT2D eigenvalue weighted by Crippen LogP contribution is 2.29. The lowest BCUT2D eigenvalue weighted by atomic mass is 10.1. The SMILES string of the molecule is Cc1nc(-c2ccc(N3C(=O)c4ccccc4C3=O)cc2)n[nH]1. The Morgan fingerprint density at radius 2 is 1.52 bits per heavy atom. The summed E-state index contributed by atoms with van der Waals surface area (Å²) in [6, 6.07) is 13.9. The van der Waals surface area contributed by atoms with Crippen molar-refractivity contribution in [2.75, 3.05) is 4.90 Å². The number of fused-ring (bicyclic) bond motifs is 1. The molecule has 1 N–H and O–H groups in total. The second kappa shape index (κ2) is 4.88. The van der Waals surface area contributed by atoms with Crippen LogP contribution < -0.4 is 4.90 Å². The van der Waals surface area contributed by atoms with Crippen LogP contribution in [-0.2, 0) is 0 Å². The molecule has 2 heterocycles. The van der Waals surface area contributed by atoms with Crippen LogP contribution in [0.15, 0.2) is 48.5 Å². The summed E-state index contributed by atoms with van der Waals surface area (Å²) in [6.07, 6.45) is 0. The van der Waals surface area contributed by atoms with Gasteiger partial charge in [0.2, 0.25) is 0 Å². The van der Waals surface area contributed by atoms with Gasteiger partial charge in [0.15, 0.2) is 5.82 Å². The van der Waals surface area contributed by atoms with Crippen molar-refractivity contribution < 1.29 is 9.59 Å². The Bertz CT molecular complexity index is 893. The number of aromatic nitrogens is 3. The number of rotatable bonds is 2. The van der Waals surface area contributed by atoms with E-state index in [2.05, 4.69) is 15.2 Å². The number of carbonyl (C=O) groups excluding carboxylic acids is 2. The van der Waals surface area contributed by atoms with Gasteiger partial charge in [-0.1, -0.05) is 12.1 Å². The minimum atomic E-state index is -0.299. The fourth-order valence-electron chi connectivity index (χ4n) is 2.66. The van der Waals surface area contributed by atoms with Gasteiger partial charge in [-0.25, -0.2) is 9.88 Å². The molecule has 0 fully saturated rings. The molecule has 0 bridgehead atoms. The average molecular weight is 304 g/mol. The number of benzene rings is 2. The third kappa shape index (κ3) is 2.03. The van der Waals surface area contributed by atoms with Gasteiger partial charge in [-0.3, -0.25) is 14.7 Å². The van der Waals surface area contributed by atoms with E-state index < -0.39 is 0 Å². The van der Waals surface area contributed by atoms with Gasteiger partial charge < -0.3 is 0 Å². The highest BCUT2D eigenvalue weighted by molar-refractivity contribution is 6.34. The van der Waals surface area contributed by atoms with Crippen LogP contribution in [0.4, 0.5) is 5.69 Å². The number of hydrogen-bond acceptors (Lipinski definition) is 4. The maximum Gasteiger partial charge on any atom is 0.266 e. The first-order valence-electron chi connectivity index (χ1n) is 7.12. The van der Waals surface area contributed by atoms with E-state index >= 15 is 0 Å². The topological polar surface area (TPSA) is 79.0 Å². The van der Waals surface area contributed by atoms with Crippen LogP contribution in [0.5, 0.6) is 0 Å². The molecule has 0 radical (unpaired) electrons. The Balaban J connectivity index is 1.70. The van der Waals surface area contributed by atoms with Gasteiger partial charge in [-0.15, -0.1) is 0 Å². The fraction of sp³-hybridized carbons (Fsp3) is 0.0588. The third-order valence-electron chi connectivity index (χ3n) is 3.77. The van der Waals surface area contributed by atoms with Crippen molar-refractivity contribution in [2.24, 2.45) is 0 Å². The lowest BCUT2D eigenvalue weighted by molar-refractivity contribution is 0.0926. The monoisotopic (exact) mass is 304 g/mol. The maximum absolute atomic E-state index is 12.4. The second-order valence-corrected chi connectivity index (χ2v) is 5.28. The average Bonchev–Trinajstić information content (AvgIpc) is 3.11. The normalized spacial score (nSPS) is 13.5. The van der Waals surface area contributed by atoms with E-state index in [1.54, 1.807) is 48.5 Å². The molecule has 0 spiro atoms. The van der Waals surface area contributed by atoms with Crippen molar-refractivity contribution in [1.82, 2.24) is 15.2 Å². The smallest absolute Gasteiger partial charge is 0.266 e. The number of anilines is 1. The van der Waals surface area contributed by atoms with E-state index in [0.29, 0.717) is 22.6 Å². The van der Waals surface area contributed by atoms with Gasteiger partial charge in [-0.2, -0.15) is 5.10 Å². The summed E-state index contributed by atoms with van der Waals surface area (Å²) in [6.45, 7) is 1.82. The Morgan fingerprint density at radius 3 is 2.04 bits per heavy atom. The minimum Gasteiger partial charge on any atom is -0.268 e. The minimum absolute atomic E-state index is 0.299. The highest BCUT2D eigenvalue weighted by atomic mass is 16.2. The van der Waals surface area contributed by atoms with E-state index in [1.165, 1.54) is 4.90 Å². The predicted molar refractivity (Wildman–Crippen MR) is 84.1 cm³/mol. The zero-order chi connectivity index (χ0) is 16.0. The van der Waals surface area contributed by atoms with Gasteiger partial charge in [0.25, 0.3) is 11.8 Å². The van der Waals surface area contributed by atoms with Crippen LogP contribution in [0.1, 0.15) is 26.5 Å². The molecule has 2 aromatic carbocycles. The molecular weight excluding hydrogens is 292 g/mol. The summed E-state index contributed by atoms with van der Waals surface area (Å²) in [5.74, 6) is 0.708. The molecular formula is C17H12N4O2. The van der Waals surface area contributed by atoms with E-state index in [0.717, 1.165) is 11.4 Å². The molecule has 1 aliphatic heterocycles. The summed E-state index contributed by atoms with van der Waals surface area (Å²) < 4.78 is 0. The van der Waals surface area contributed by atoms with E-state index in [4.69, 9.17) is 0 Å². The van der Waals surface area contributed by atoms with Gasteiger partial charge >= 0.3 is 0 Å². The fourth-order valence-corrected chi connectivity index (χ4v) is 2.66. The van der Waals surface area contributed by atoms with Gasteiger partial charge in [0.1, 0.15) is 5.82 Å². The molecule has 112 valence electrons. The molecule has 4 rings (SSSR count). The van der Waals surface area contributed by atoms with E-state index in [1.807, 2.05) is 6.92 Å². The number of carbonyl (C=O) groups is 2. The quantitative estimate of drug-likeness (QED) is 0.738. The van der Waals surface area contributed by atoms with Crippen molar-refractivity contribution in [2.45, 2.75) is 6.92 Å². The van der Waals surface area contributed by atoms with Crippen LogP contribution in [0, 0.1) is 6.92 Å². The van der Waals surface area contributed by atoms with Crippen LogP contribution in [0.3, 0.4) is 0 Å². The zero-order valence-electron chi connectivity index (χ0n) is 12.3. The largest absolute Gasteiger partial charge is 0.268 e. The van der Waals surface area contributed by atoms with Gasteiger partial charge in [-0.05, 0) is 43.3 Å². The van der Waals surface area contributed by atoms with Crippen LogP contribution in [0.25, 0.3) is 11.4 Å². The molecule has 1 aromatic heterocycles. The van der Waals surface area contributed by atoms with E-state index in [9.17, 15) is 9.59 Å². The number of amides is 2. The molecule has 1 aliphatic rings. The Morgan fingerprint density at radius 1 is 0.913 bits per heavy atom. The number of aryl methyl sites for hydroxylation is 1. The molecule has 3 aromatic rings. The maximum atomic E-state index is 12.4. The van der Waals surface area contributed by atoms with Crippen LogP contribution in [-0.4, -0.2) is 27.0 Å². The number of H-pyrrole nitrogens is 1. The number of hydrogen-bond donors (Lipinski definition) is 1. The summed E-state index contributed by atoms with van der Waals surface area (Å²) in [4.78, 5) is 30.3. The van der Waals surface area contributed by atoms with Crippen LogP contribution >= 0.6 is 0 Å². The molecule has 0 saturated heterocycles. The first-order valence-corrected chi connectivity index (χ1v) is 7.12. The predicted octanol–water partition coefficient (Wildman–Crippen LogP) is 2.58. The molecule has 0 atom stereocenters.